The van der Waals surface area contributed by atoms with E-state index in [-0.39, 0.29) is 5.54 Å². The molecule has 1 aromatic rings. The molecule has 0 aromatic heterocycles. The van der Waals surface area contributed by atoms with Gasteiger partial charge in [0.15, 0.2) is 0 Å². The first kappa shape index (κ1) is 8.73. The van der Waals surface area contributed by atoms with Gasteiger partial charge < -0.3 is 10.1 Å². The van der Waals surface area contributed by atoms with E-state index in [1.54, 1.807) is 7.11 Å². The molecule has 1 aromatic carbocycles. The van der Waals surface area contributed by atoms with Crippen LogP contribution >= 0.6 is 0 Å². The van der Waals surface area contributed by atoms with Gasteiger partial charge in [0.2, 0.25) is 0 Å². The van der Waals surface area contributed by atoms with Gasteiger partial charge in [0, 0.05) is 7.11 Å². The van der Waals surface area contributed by atoms with Gasteiger partial charge in [-0.05, 0) is 18.5 Å². The highest BCUT2D eigenvalue weighted by molar-refractivity contribution is 5.27. The van der Waals surface area contributed by atoms with Gasteiger partial charge in [-0.25, -0.2) is 0 Å². The maximum Gasteiger partial charge on any atom is 0.0686 e. The summed E-state index contributed by atoms with van der Waals surface area (Å²) in [5.74, 6) is 0. The largest absolute Gasteiger partial charge is 0.382 e. The van der Waals surface area contributed by atoms with Crippen molar-refractivity contribution in [3.8, 4) is 0 Å². The Morgan fingerprint density at radius 2 is 2.08 bits per heavy atom. The van der Waals surface area contributed by atoms with E-state index >= 15 is 0 Å². The van der Waals surface area contributed by atoms with Gasteiger partial charge in [-0.3, -0.25) is 0 Å². The number of nitrogens with one attached hydrogen (secondary N) is 1. The number of methoxy groups -OCH3 is 1. The molecule has 0 spiro atoms. The van der Waals surface area contributed by atoms with Crippen LogP contribution in [0.25, 0.3) is 0 Å². The first-order valence-corrected chi connectivity index (χ1v) is 4.67. The smallest absolute Gasteiger partial charge is 0.0686 e. The third kappa shape index (κ3) is 1.47. The van der Waals surface area contributed by atoms with Gasteiger partial charge in [0.1, 0.15) is 0 Å². The summed E-state index contributed by atoms with van der Waals surface area (Å²) in [6, 6.07) is 10.5. The lowest BCUT2D eigenvalue weighted by Gasteiger charge is -2.43. The SMILES string of the molecule is COCC1(c2ccccc2)CCN1. The zero-order chi connectivity index (χ0) is 9.15. The maximum absolute atomic E-state index is 5.24. The molecule has 70 valence electrons. The Bertz CT molecular complexity index is 267. The number of ether oxygens (including phenoxy) is 1. The Balaban J connectivity index is 2.22. The highest BCUT2D eigenvalue weighted by Crippen LogP contribution is 2.30. The van der Waals surface area contributed by atoms with Crippen molar-refractivity contribution in [1.29, 1.82) is 0 Å². The molecule has 13 heavy (non-hydrogen) atoms. The van der Waals surface area contributed by atoms with Gasteiger partial charge in [-0.15, -0.1) is 0 Å². The van der Waals surface area contributed by atoms with E-state index in [1.165, 1.54) is 12.0 Å². The van der Waals surface area contributed by atoms with E-state index in [1.807, 2.05) is 6.07 Å². The Labute approximate surface area is 78.9 Å². The van der Waals surface area contributed by atoms with Crippen LogP contribution in [0.15, 0.2) is 30.3 Å². The molecule has 2 heteroatoms. The first-order valence-electron chi connectivity index (χ1n) is 4.67. The van der Waals surface area contributed by atoms with Crippen LogP contribution < -0.4 is 5.32 Å². The van der Waals surface area contributed by atoms with Gasteiger partial charge in [0.05, 0.1) is 12.1 Å². The molecular weight excluding hydrogens is 162 g/mol. The highest BCUT2D eigenvalue weighted by Gasteiger charge is 2.37. The summed E-state index contributed by atoms with van der Waals surface area (Å²) < 4.78 is 5.24. The van der Waals surface area contributed by atoms with E-state index < -0.39 is 0 Å². The Morgan fingerprint density at radius 1 is 1.38 bits per heavy atom. The topological polar surface area (TPSA) is 21.3 Å². The second-order valence-corrected chi connectivity index (χ2v) is 3.56. The fourth-order valence-electron chi connectivity index (χ4n) is 1.88. The Morgan fingerprint density at radius 3 is 2.54 bits per heavy atom. The molecule has 1 heterocycles. The number of hydrogen-bond acceptors (Lipinski definition) is 2. The first-order chi connectivity index (χ1) is 6.37. The van der Waals surface area contributed by atoms with Crippen LogP contribution in [-0.4, -0.2) is 20.3 Å². The summed E-state index contributed by atoms with van der Waals surface area (Å²) in [6.45, 7) is 1.86. The number of rotatable bonds is 3. The van der Waals surface area contributed by atoms with Crippen molar-refractivity contribution in [2.75, 3.05) is 20.3 Å². The Hall–Kier alpha value is -0.860. The molecule has 1 aliphatic heterocycles. The van der Waals surface area contributed by atoms with Crippen LogP contribution in [0.4, 0.5) is 0 Å². The zero-order valence-electron chi connectivity index (χ0n) is 7.92. The lowest BCUT2D eigenvalue weighted by molar-refractivity contribution is 0.0633. The molecule has 1 unspecified atom stereocenters. The molecule has 0 radical (unpaired) electrons. The van der Waals surface area contributed by atoms with E-state index in [0.717, 1.165) is 13.2 Å². The minimum Gasteiger partial charge on any atom is -0.382 e. The molecular formula is C11H15NO. The molecule has 1 N–H and O–H groups in total. The van der Waals surface area contributed by atoms with Crippen LogP contribution in [0.5, 0.6) is 0 Å². The van der Waals surface area contributed by atoms with Crippen LogP contribution in [0.2, 0.25) is 0 Å². The van der Waals surface area contributed by atoms with Crippen LogP contribution in [-0.2, 0) is 10.3 Å². The summed E-state index contributed by atoms with van der Waals surface area (Å²) in [5, 5.41) is 3.45. The normalized spacial score (nSPS) is 26.8. The van der Waals surface area contributed by atoms with Gasteiger partial charge >= 0.3 is 0 Å². The fourth-order valence-corrected chi connectivity index (χ4v) is 1.88. The monoisotopic (exact) mass is 177 g/mol. The van der Waals surface area contributed by atoms with Gasteiger partial charge in [-0.2, -0.15) is 0 Å². The standard InChI is InChI=1S/C11H15NO/c1-13-9-11(7-8-12-11)10-5-3-2-4-6-10/h2-6,12H,7-9H2,1H3. The van der Waals surface area contributed by atoms with Crippen molar-refractivity contribution in [1.82, 2.24) is 5.32 Å². The average molecular weight is 177 g/mol. The second-order valence-electron chi connectivity index (χ2n) is 3.56. The lowest BCUT2D eigenvalue weighted by Crippen LogP contribution is -2.56. The van der Waals surface area contributed by atoms with Gasteiger partial charge in [-0.1, -0.05) is 30.3 Å². The van der Waals surface area contributed by atoms with Crippen LogP contribution in [0.3, 0.4) is 0 Å². The van der Waals surface area contributed by atoms with E-state index in [4.69, 9.17) is 4.74 Å². The van der Waals surface area contributed by atoms with E-state index in [0.29, 0.717) is 0 Å². The quantitative estimate of drug-likeness (QED) is 0.756. The minimum atomic E-state index is 0.0933. The third-order valence-electron chi connectivity index (χ3n) is 2.73. The number of hydrogen-bond donors (Lipinski definition) is 1. The molecule has 0 amide bonds. The molecule has 0 saturated carbocycles. The van der Waals surface area contributed by atoms with Crippen LogP contribution in [0, 0.1) is 0 Å². The highest BCUT2D eigenvalue weighted by atomic mass is 16.5. The third-order valence-corrected chi connectivity index (χ3v) is 2.73. The van der Waals surface area contributed by atoms with Crippen molar-refractivity contribution in [3.05, 3.63) is 35.9 Å². The van der Waals surface area contributed by atoms with Crippen molar-refractivity contribution in [3.63, 3.8) is 0 Å². The molecule has 2 nitrogen and oxygen atoms in total. The molecule has 1 fully saturated rings. The Kier molecular flexibility index (Phi) is 2.34. The van der Waals surface area contributed by atoms with E-state index in [9.17, 15) is 0 Å². The molecule has 1 saturated heterocycles. The molecule has 1 aliphatic rings. The van der Waals surface area contributed by atoms with Gasteiger partial charge in [0.25, 0.3) is 0 Å². The maximum atomic E-state index is 5.24. The average Bonchev–Trinajstić information content (AvgIpc) is 2.13. The van der Waals surface area contributed by atoms with Crippen molar-refractivity contribution in [2.45, 2.75) is 12.0 Å². The fraction of sp³-hybridized carbons (Fsp3) is 0.455. The predicted molar refractivity (Wildman–Crippen MR) is 52.6 cm³/mol. The molecule has 2 rings (SSSR count). The molecule has 1 atom stereocenters. The van der Waals surface area contributed by atoms with Crippen molar-refractivity contribution in [2.24, 2.45) is 0 Å². The summed E-state index contributed by atoms with van der Waals surface area (Å²) in [6.07, 6.45) is 1.17. The van der Waals surface area contributed by atoms with Crippen molar-refractivity contribution >= 4 is 0 Å². The summed E-state index contributed by atoms with van der Waals surface area (Å²) in [7, 11) is 1.75. The zero-order valence-corrected chi connectivity index (χ0v) is 7.92. The summed E-state index contributed by atoms with van der Waals surface area (Å²) >= 11 is 0. The minimum absolute atomic E-state index is 0.0933. The molecule has 0 bridgehead atoms. The predicted octanol–water partition coefficient (Wildman–Crippen LogP) is 1.52. The van der Waals surface area contributed by atoms with Crippen molar-refractivity contribution < 1.29 is 4.74 Å². The molecule has 0 aliphatic carbocycles. The van der Waals surface area contributed by atoms with Crippen LogP contribution in [0.1, 0.15) is 12.0 Å². The lowest BCUT2D eigenvalue weighted by atomic mass is 9.81. The summed E-state index contributed by atoms with van der Waals surface area (Å²) in [4.78, 5) is 0. The summed E-state index contributed by atoms with van der Waals surface area (Å²) in [5.41, 5.74) is 1.43. The van der Waals surface area contributed by atoms with E-state index in [2.05, 4.69) is 29.6 Å². The second kappa shape index (κ2) is 3.48. The number of benzene rings is 1.